The maximum atomic E-state index is 3.29. The number of nitrogens with zero attached hydrogens (tertiary/aromatic N) is 1. The molecule has 0 aromatic rings. The highest BCUT2D eigenvalue weighted by Gasteiger charge is 2.26. The van der Waals surface area contributed by atoms with Gasteiger partial charge in [-0.15, -0.1) is 0 Å². The lowest BCUT2D eigenvalue weighted by atomic mass is 10.1. The number of nitrogens with one attached hydrogen (secondary N) is 1. The van der Waals surface area contributed by atoms with Gasteiger partial charge in [0.2, 0.25) is 0 Å². The lowest BCUT2D eigenvalue weighted by molar-refractivity contribution is 0.180. The monoisotopic (exact) mass is 184 g/mol. The van der Waals surface area contributed by atoms with Crippen molar-refractivity contribution in [3.8, 4) is 0 Å². The zero-order chi connectivity index (χ0) is 9.68. The Kier molecular flexibility index (Phi) is 4.74. The first-order valence-corrected chi connectivity index (χ1v) is 5.70. The Balaban J connectivity index is 2.37. The first-order chi connectivity index (χ1) is 6.29. The molecule has 1 heterocycles. The fraction of sp³-hybridized carbons (Fsp3) is 1.00. The molecule has 0 aromatic carbocycles. The summed E-state index contributed by atoms with van der Waals surface area (Å²) in [5, 5.41) is 3.29. The third-order valence-electron chi connectivity index (χ3n) is 3.14. The molecule has 13 heavy (non-hydrogen) atoms. The van der Waals surface area contributed by atoms with E-state index in [-0.39, 0.29) is 0 Å². The Labute approximate surface area is 82.7 Å². The maximum Gasteiger partial charge on any atom is 0.0223 e. The van der Waals surface area contributed by atoms with E-state index in [1.807, 2.05) is 0 Å². The van der Waals surface area contributed by atoms with Crippen molar-refractivity contribution in [2.24, 2.45) is 0 Å². The summed E-state index contributed by atoms with van der Waals surface area (Å²) in [6.45, 7) is 7.12. The second kappa shape index (κ2) is 5.61. The summed E-state index contributed by atoms with van der Waals surface area (Å²) in [6.07, 6.45) is 5.43. The highest BCUT2D eigenvalue weighted by Crippen LogP contribution is 2.21. The molecule has 1 aliphatic rings. The summed E-state index contributed by atoms with van der Waals surface area (Å²) >= 11 is 0. The van der Waals surface area contributed by atoms with Crippen LogP contribution in [0.1, 0.15) is 39.5 Å². The Hall–Kier alpha value is -0.0800. The van der Waals surface area contributed by atoms with E-state index in [1.54, 1.807) is 0 Å². The minimum atomic E-state index is 0.783. The molecule has 0 spiro atoms. The molecule has 0 aromatic heterocycles. The molecule has 1 N–H and O–H groups in total. The largest absolute Gasteiger partial charge is 0.318 e. The van der Waals surface area contributed by atoms with Gasteiger partial charge in [0, 0.05) is 18.6 Å². The summed E-state index contributed by atoms with van der Waals surface area (Å²) in [5.41, 5.74) is 0. The molecular weight excluding hydrogens is 160 g/mol. The van der Waals surface area contributed by atoms with Crippen molar-refractivity contribution in [2.75, 3.05) is 20.1 Å². The van der Waals surface area contributed by atoms with Crippen LogP contribution in [-0.4, -0.2) is 37.1 Å². The van der Waals surface area contributed by atoms with E-state index in [0.717, 1.165) is 18.6 Å². The molecule has 2 nitrogen and oxygen atoms in total. The van der Waals surface area contributed by atoms with E-state index in [0.29, 0.717) is 0 Å². The molecule has 2 atom stereocenters. The van der Waals surface area contributed by atoms with Crippen molar-refractivity contribution >= 4 is 0 Å². The first kappa shape index (κ1) is 11.0. The summed E-state index contributed by atoms with van der Waals surface area (Å²) in [5.74, 6) is 0. The van der Waals surface area contributed by atoms with Gasteiger partial charge in [0.25, 0.3) is 0 Å². The zero-order valence-corrected chi connectivity index (χ0v) is 9.34. The Morgan fingerprint density at radius 1 is 1.54 bits per heavy atom. The first-order valence-electron chi connectivity index (χ1n) is 5.70. The minimum Gasteiger partial charge on any atom is -0.318 e. The van der Waals surface area contributed by atoms with Crippen molar-refractivity contribution < 1.29 is 0 Å². The molecule has 78 valence electrons. The van der Waals surface area contributed by atoms with Gasteiger partial charge in [0.05, 0.1) is 0 Å². The maximum absolute atomic E-state index is 3.29. The third-order valence-corrected chi connectivity index (χ3v) is 3.14. The predicted molar refractivity (Wildman–Crippen MR) is 58.0 cm³/mol. The highest BCUT2D eigenvalue weighted by molar-refractivity contribution is 4.83. The van der Waals surface area contributed by atoms with E-state index in [2.05, 4.69) is 31.1 Å². The number of hydrogen-bond acceptors (Lipinski definition) is 2. The fourth-order valence-corrected chi connectivity index (χ4v) is 2.48. The van der Waals surface area contributed by atoms with E-state index in [1.165, 1.54) is 32.2 Å². The van der Waals surface area contributed by atoms with Crippen LogP contribution in [0.4, 0.5) is 0 Å². The van der Waals surface area contributed by atoms with Gasteiger partial charge < -0.3 is 5.32 Å². The van der Waals surface area contributed by atoms with Crippen LogP contribution in [0.2, 0.25) is 0 Å². The number of rotatable bonds is 5. The van der Waals surface area contributed by atoms with Crippen molar-refractivity contribution in [1.82, 2.24) is 10.2 Å². The molecule has 1 fully saturated rings. The quantitative estimate of drug-likeness (QED) is 0.701. The Morgan fingerprint density at radius 3 is 2.92 bits per heavy atom. The Bertz CT molecular complexity index is 136. The molecule has 1 aliphatic heterocycles. The lowest BCUT2D eigenvalue weighted by Gasteiger charge is -2.30. The predicted octanol–water partition coefficient (Wildman–Crippen LogP) is 1.86. The molecule has 0 amide bonds. The van der Waals surface area contributed by atoms with Crippen LogP contribution in [0.5, 0.6) is 0 Å². The van der Waals surface area contributed by atoms with Crippen molar-refractivity contribution in [1.29, 1.82) is 0 Å². The fourth-order valence-electron chi connectivity index (χ4n) is 2.48. The molecule has 0 bridgehead atoms. The van der Waals surface area contributed by atoms with Crippen LogP contribution >= 0.6 is 0 Å². The molecule has 2 heteroatoms. The number of hydrogen-bond donors (Lipinski definition) is 1. The minimum absolute atomic E-state index is 0.783. The van der Waals surface area contributed by atoms with E-state index >= 15 is 0 Å². The van der Waals surface area contributed by atoms with Gasteiger partial charge in [-0.05, 0) is 39.8 Å². The van der Waals surface area contributed by atoms with Crippen molar-refractivity contribution in [3.05, 3.63) is 0 Å². The van der Waals surface area contributed by atoms with Crippen LogP contribution in [0.25, 0.3) is 0 Å². The van der Waals surface area contributed by atoms with Crippen LogP contribution < -0.4 is 5.32 Å². The van der Waals surface area contributed by atoms with Crippen LogP contribution in [0, 0.1) is 0 Å². The second-order valence-electron chi connectivity index (χ2n) is 4.23. The van der Waals surface area contributed by atoms with Crippen molar-refractivity contribution in [3.63, 3.8) is 0 Å². The van der Waals surface area contributed by atoms with Crippen LogP contribution in [0.15, 0.2) is 0 Å². The normalized spacial score (nSPS) is 26.5. The number of likely N-dealkylation sites (N-methyl/N-ethyl adjacent to an activating group) is 1. The van der Waals surface area contributed by atoms with Gasteiger partial charge in [0.15, 0.2) is 0 Å². The molecule has 2 unspecified atom stereocenters. The molecule has 1 saturated heterocycles. The van der Waals surface area contributed by atoms with Crippen LogP contribution in [-0.2, 0) is 0 Å². The molecule has 0 radical (unpaired) electrons. The van der Waals surface area contributed by atoms with Gasteiger partial charge in [-0.25, -0.2) is 0 Å². The van der Waals surface area contributed by atoms with E-state index < -0.39 is 0 Å². The average Bonchev–Trinajstić information content (AvgIpc) is 2.54. The third kappa shape index (κ3) is 2.96. The summed E-state index contributed by atoms with van der Waals surface area (Å²) in [6, 6.07) is 1.58. The number of likely N-dealkylation sites (tertiary alicyclic amines) is 1. The Morgan fingerprint density at radius 2 is 2.31 bits per heavy atom. The van der Waals surface area contributed by atoms with Crippen LogP contribution in [0.3, 0.4) is 0 Å². The van der Waals surface area contributed by atoms with Gasteiger partial charge >= 0.3 is 0 Å². The van der Waals surface area contributed by atoms with Gasteiger partial charge in [-0.3, -0.25) is 4.90 Å². The lowest BCUT2D eigenvalue weighted by Crippen LogP contribution is -2.42. The van der Waals surface area contributed by atoms with Gasteiger partial charge in [-0.1, -0.05) is 13.3 Å². The second-order valence-corrected chi connectivity index (χ2v) is 4.23. The topological polar surface area (TPSA) is 15.3 Å². The summed E-state index contributed by atoms with van der Waals surface area (Å²) in [4.78, 5) is 2.68. The van der Waals surface area contributed by atoms with Crippen molar-refractivity contribution in [2.45, 2.75) is 51.6 Å². The SMILES string of the molecule is CCCC(C)N1CCCC1CNC. The molecule has 0 aliphatic carbocycles. The smallest absolute Gasteiger partial charge is 0.0223 e. The standard InChI is InChI=1S/C11H24N2/c1-4-6-10(2)13-8-5-7-11(13)9-12-3/h10-12H,4-9H2,1-3H3. The summed E-state index contributed by atoms with van der Waals surface area (Å²) in [7, 11) is 2.06. The molecule has 1 rings (SSSR count). The molecule has 0 saturated carbocycles. The zero-order valence-electron chi connectivity index (χ0n) is 9.34. The average molecular weight is 184 g/mol. The van der Waals surface area contributed by atoms with E-state index in [4.69, 9.17) is 0 Å². The van der Waals surface area contributed by atoms with Gasteiger partial charge in [-0.2, -0.15) is 0 Å². The summed E-state index contributed by atoms with van der Waals surface area (Å²) < 4.78 is 0. The van der Waals surface area contributed by atoms with Gasteiger partial charge in [0.1, 0.15) is 0 Å². The molecular formula is C11H24N2. The highest BCUT2D eigenvalue weighted by atomic mass is 15.2. The van der Waals surface area contributed by atoms with E-state index in [9.17, 15) is 0 Å².